The zero-order chi connectivity index (χ0) is 13.8. The van der Waals surface area contributed by atoms with Crippen molar-refractivity contribution in [1.29, 1.82) is 0 Å². The van der Waals surface area contributed by atoms with Gasteiger partial charge in [-0.05, 0) is 17.7 Å². The minimum Gasteiger partial charge on any atom is -0.477 e. The van der Waals surface area contributed by atoms with Crippen LogP contribution in [0.15, 0.2) is 30.3 Å². The first-order valence-corrected chi connectivity index (χ1v) is 5.75. The van der Waals surface area contributed by atoms with E-state index < -0.39 is 5.97 Å². The molecule has 0 saturated heterocycles. The number of hydrogen-bond donors (Lipinski definition) is 3. The maximum absolute atomic E-state index is 11.7. The molecule has 2 rings (SSSR count). The second-order valence-corrected chi connectivity index (χ2v) is 4.26. The minimum absolute atomic E-state index is 0.0851. The van der Waals surface area contributed by atoms with Crippen LogP contribution in [0.2, 0.25) is 5.02 Å². The Balaban J connectivity index is 1.99. The number of carbonyl (C=O) groups excluding carboxylic acids is 1. The van der Waals surface area contributed by atoms with Gasteiger partial charge in [-0.25, -0.2) is 4.79 Å². The second-order valence-electron chi connectivity index (χ2n) is 3.83. The van der Waals surface area contributed by atoms with E-state index in [-0.39, 0.29) is 23.8 Å². The fourth-order valence-corrected chi connectivity index (χ4v) is 1.73. The lowest BCUT2D eigenvalue weighted by Gasteiger charge is -2.02. The Morgan fingerprint density at radius 3 is 2.79 bits per heavy atom. The van der Waals surface area contributed by atoms with Gasteiger partial charge in [0.2, 0.25) is 5.91 Å². The van der Waals surface area contributed by atoms with Gasteiger partial charge in [-0.3, -0.25) is 9.89 Å². The lowest BCUT2D eigenvalue weighted by molar-refractivity contribution is -0.115. The van der Waals surface area contributed by atoms with Crippen molar-refractivity contribution in [3.8, 4) is 0 Å². The van der Waals surface area contributed by atoms with Gasteiger partial charge in [-0.2, -0.15) is 5.10 Å². The first-order valence-electron chi connectivity index (χ1n) is 5.37. The molecule has 0 aliphatic rings. The topological polar surface area (TPSA) is 95.1 Å². The zero-order valence-corrected chi connectivity index (χ0v) is 10.4. The molecular weight excluding hydrogens is 270 g/mol. The van der Waals surface area contributed by atoms with Crippen molar-refractivity contribution >= 4 is 29.3 Å². The maximum Gasteiger partial charge on any atom is 0.353 e. The number of carboxylic acid groups (broad SMARTS) is 1. The molecular formula is C12H10ClN3O3. The van der Waals surface area contributed by atoms with Crippen LogP contribution >= 0.6 is 11.6 Å². The molecule has 1 heterocycles. The van der Waals surface area contributed by atoms with Crippen LogP contribution in [-0.4, -0.2) is 27.2 Å². The maximum atomic E-state index is 11.7. The number of amides is 1. The Hall–Kier alpha value is -2.34. The number of carboxylic acids is 1. The van der Waals surface area contributed by atoms with Crippen LogP contribution in [0, 0.1) is 0 Å². The lowest BCUT2D eigenvalue weighted by atomic mass is 10.1. The molecule has 0 bridgehead atoms. The van der Waals surface area contributed by atoms with Crippen LogP contribution in [0.4, 0.5) is 5.82 Å². The first kappa shape index (κ1) is 13.1. The summed E-state index contributed by atoms with van der Waals surface area (Å²) >= 11 is 5.81. The smallest absolute Gasteiger partial charge is 0.353 e. The zero-order valence-electron chi connectivity index (χ0n) is 9.68. The predicted molar refractivity (Wildman–Crippen MR) is 69.3 cm³/mol. The fourth-order valence-electron chi connectivity index (χ4n) is 1.51. The van der Waals surface area contributed by atoms with Crippen LogP contribution < -0.4 is 5.32 Å². The van der Waals surface area contributed by atoms with Gasteiger partial charge in [0, 0.05) is 11.1 Å². The Morgan fingerprint density at radius 1 is 1.37 bits per heavy atom. The molecule has 0 aliphatic carbocycles. The third-order valence-electron chi connectivity index (χ3n) is 2.33. The number of aromatic nitrogens is 2. The molecule has 3 N–H and O–H groups in total. The van der Waals surface area contributed by atoms with Crippen molar-refractivity contribution in [2.24, 2.45) is 0 Å². The number of aromatic amines is 1. The molecule has 98 valence electrons. The lowest BCUT2D eigenvalue weighted by Crippen LogP contribution is -2.14. The van der Waals surface area contributed by atoms with E-state index in [0.717, 1.165) is 5.56 Å². The molecule has 0 unspecified atom stereocenters. The molecule has 6 nitrogen and oxygen atoms in total. The molecule has 0 radical (unpaired) electrons. The second kappa shape index (κ2) is 5.53. The van der Waals surface area contributed by atoms with Crippen molar-refractivity contribution in [3.05, 3.63) is 46.6 Å². The Kier molecular flexibility index (Phi) is 3.82. The molecule has 0 spiro atoms. The van der Waals surface area contributed by atoms with Gasteiger partial charge in [-0.15, -0.1) is 0 Å². The van der Waals surface area contributed by atoms with E-state index in [1.54, 1.807) is 24.3 Å². The van der Waals surface area contributed by atoms with Crippen molar-refractivity contribution in [2.45, 2.75) is 6.42 Å². The molecule has 2 aromatic rings. The Bertz CT molecular complexity index is 624. The minimum atomic E-state index is -1.14. The van der Waals surface area contributed by atoms with Gasteiger partial charge >= 0.3 is 5.97 Å². The third kappa shape index (κ3) is 3.56. The number of benzene rings is 1. The van der Waals surface area contributed by atoms with E-state index in [4.69, 9.17) is 16.7 Å². The van der Waals surface area contributed by atoms with Gasteiger partial charge in [0.1, 0.15) is 5.69 Å². The molecule has 7 heteroatoms. The normalized spacial score (nSPS) is 10.2. The number of hydrogen-bond acceptors (Lipinski definition) is 3. The SMILES string of the molecule is O=C(Cc1cccc(Cl)c1)Nc1cc(C(=O)O)[nH]n1. The largest absolute Gasteiger partial charge is 0.477 e. The number of H-pyrrole nitrogens is 1. The molecule has 0 aliphatic heterocycles. The summed E-state index contributed by atoms with van der Waals surface area (Å²) in [5.41, 5.74) is 0.678. The monoisotopic (exact) mass is 279 g/mol. The highest BCUT2D eigenvalue weighted by atomic mass is 35.5. The van der Waals surface area contributed by atoms with E-state index in [1.807, 2.05) is 0 Å². The molecule has 0 atom stereocenters. The summed E-state index contributed by atoms with van der Waals surface area (Å²) in [6.07, 6.45) is 0.135. The molecule has 1 aromatic heterocycles. The summed E-state index contributed by atoms with van der Waals surface area (Å²) in [7, 11) is 0. The molecule has 1 amide bonds. The highest BCUT2D eigenvalue weighted by Gasteiger charge is 2.10. The number of carbonyl (C=O) groups is 2. The van der Waals surface area contributed by atoms with Gasteiger partial charge in [0.15, 0.2) is 5.82 Å². The number of nitrogens with one attached hydrogen (secondary N) is 2. The van der Waals surface area contributed by atoms with Gasteiger partial charge in [0.05, 0.1) is 6.42 Å². The van der Waals surface area contributed by atoms with E-state index >= 15 is 0 Å². The average molecular weight is 280 g/mol. The summed E-state index contributed by atoms with van der Waals surface area (Å²) in [4.78, 5) is 22.3. The van der Waals surface area contributed by atoms with Crippen LogP contribution in [0.25, 0.3) is 0 Å². The van der Waals surface area contributed by atoms with Gasteiger partial charge < -0.3 is 10.4 Å². The number of anilines is 1. The van der Waals surface area contributed by atoms with Crippen molar-refractivity contribution < 1.29 is 14.7 Å². The summed E-state index contributed by atoms with van der Waals surface area (Å²) in [5, 5.41) is 17.7. The highest BCUT2D eigenvalue weighted by molar-refractivity contribution is 6.30. The first-order chi connectivity index (χ1) is 9.04. The third-order valence-corrected chi connectivity index (χ3v) is 2.56. The Morgan fingerprint density at radius 2 is 2.16 bits per heavy atom. The molecule has 19 heavy (non-hydrogen) atoms. The Labute approximate surface area is 113 Å². The number of halogens is 1. The summed E-state index contributed by atoms with van der Waals surface area (Å²) in [6.45, 7) is 0. The molecule has 0 fully saturated rings. The molecule has 0 saturated carbocycles. The summed E-state index contributed by atoms with van der Waals surface area (Å²) in [5.74, 6) is -1.27. The van der Waals surface area contributed by atoms with Crippen LogP contribution in [0.5, 0.6) is 0 Å². The van der Waals surface area contributed by atoms with Crippen LogP contribution in [0.3, 0.4) is 0 Å². The quantitative estimate of drug-likeness (QED) is 0.797. The van der Waals surface area contributed by atoms with Crippen molar-refractivity contribution in [1.82, 2.24) is 10.2 Å². The van der Waals surface area contributed by atoms with Crippen LogP contribution in [-0.2, 0) is 11.2 Å². The standard InChI is InChI=1S/C12H10ClN3O3/c13-8-3-1-2-7(4-8)5-11(17)14-10-6-9(12(18)19)15-16-10/h1-4,6H,5H2,(H,18,19)(H2,14,15,16,17). The molecule has 1 aromatic carbocycles. The number of rotatable bonds is 4. The average Bonchev–Trinajstić information content (AvgIpc) is 2.77. The van der Waals surface area contributed by atoms with E-state index in [1.165, 1.54) is 6.07 Å². The summed E-state index contributed by atoms with van der Waals surface area (Å²) in [6, 6.07) is 8.18. The summed E-state index contributed by atoms with van der Waals surface area (Å²) < 4.78 is 0. The number of aromatic carboxylic acids is 1. The fraction of sp³-hybridized carbons (Fsp3) is 0.0833. The van der Waals surface area contributed by atoms with E-state index in [2.05, 4.69) is 15.5 Å². The van der Waals surface area contributed by atoms with Crippen LogP contribution in [0.1, 0.15) is 16.1 Å². The highest BCUT2D eigenvalue weighted by Crippen LogP contribution is 2.12. The van der Waals surface area contributed by atoms with Crippen molar-refractivity contribution in [3.63, 3.8) is 0 Å². The van der Waals surface area contributed by atoms with Crippen molar-refractivity contribution in [2.75, 3.05) is 5.32 Å². The van der Waals surface area contributed by atoms with Gasteiger partial charge in [-0.1, -0.05) is 23.7 Å². The van der Waals surface area contributed by atoms with E-state index in [9.17, 15) is 9.59 Å². The van der Waals surface area contributed by atoms with Gasteiger partial charge in [0.25, 0.3) is 0 Å². The predicted octanol–water partition coefficient (Wildman–Crippen LogP) is 1.94. The van der Waals surface area contributed by atoms with E-state index in [0.29, 0.717) is 5.02 Å². The number of nitrogens with zero attached hydrogens (tertiary/aromatic N) is 1.